The van der Waals surface area contributed by atoms with Gasteiger partial charge in [0.25, 0.3) is 0 Å². The number of nitrogens with zero attached hydrogens (tertiary/aromatic N) is 1. The minimum Gasteiger partial charge on any atom is -0.468 e. The number of carbonyl (C=O) groups is 1. The Morgan fingerprint density at radius 1 is 1.12 bits per heavy atom. The Morgan fingerprint density at radius 2 is 1.88 bits per heavy atom. The van der Waals surface area contributed by atoms with Crippen LogP contribution in [0.5, 0.6) is 0 Å². The Bertz CT molecular complexity index is 1040. The molecular formula is C19H15F2NO3. The molecule has 3 rings (SSSR count). The maximum Gasteiger partial charge on any atom is 0.325 e. The maximum atomic E-state index is 14.2. The summed E-state index contributed by atoms with van der Waals surface area (Å²) in [5, 5.41) is 0.343. The molecule has 25 heavy (non-hydrogen) atoms. The molecule has 3 aromatic rings. The zero-order chi connectivity index (χ0) is 18.1. The second-order valence-corrected chi connectivity index (χ2v) is 5.72. The standard InChI is InChI=1S/C19H15F2NO3/c1-11-3-5-14-17(7-11)22(10-18(23)25-2)9-15(19(14)24)13-6-4-12(20)8-16(13)21/h3-9H,10H2,1-2H3. The van der Waals surface area contributed by atoms with Gasteiger partial charge in [-0.3, -0.25) is 9.59 Å². The second kappa shape index (κ2) is 6.47. The number of aromatic nitrogens is 1. The fraction of sp³-hybridized carbons (Fsp3) is 0.158. The van der Waals surface area contributed by atoms with E-state index < -0.39 is 17.6 Å². The van der Waals surface area contributed by atoms with Gasteiger partial charge in [0.1, 0.15) is 18.2 Å². The van der Waals surface area contributed by atoms with Crippen LogP contribution in [-0.2, 0) is 16.1 Å². The number of benzene rings is 2. The van der Waals surface area contributed by atoms with Crippen LogP contribution in [0, 0.1) is 18.6 Å². The lowest BCUT2D eigenvalue weighted by atomic mass is 10.0. The number of halogens is 2. The van der Waals surface area contributed by atoms with Gasteiger partial charge in [-0.05, 0) is 36.8 Å². The first kappa shape index (κ1) is 16.8. The van der Waals surface area contributed by atoms with Crippen molar-refractivity contribution in [3.05, 3.63) is 70.0 Å². The fourth-order valence-corrected chi connectivity index (χ4v) is 2.73. The smallest absolute Gasteiger partial charge is 0.325 e. The average Bonchev–Trinajstić information content (AvgIpc) is 2.57. The van der Waals surface area contributed by atoms with Gasteiger partial charge in [0.05, 0.1) is 12.6 Å². The first-order valence-electron chi connectivity index (χ1n) is 7.56. The molecule has 6 heteroatoms. The van der Waals surface area contributed by atoms with Crippen molar-refractivity contribution in [2.75, 3.05) is 7.11 Å². The van der Waals surface area contributed by atoms with Crippen LogP contribution in [0.1, 0.15) is 5.56 Å². The van der Waals surface area contributed by atoms with Gasteiger partial charge in [-0.15, -0.1) is 0 Å². The zero-order valence-corrected chi connectivity index (χ0v) is 13.7. The van der Waals surface area contributed by atoms with Crippen LogP contribution in [0.3, 0.4) is 0 Å². The van der Waals surface area contributed by atoms with Crippen LogP contribution in [0.2, 0.25) is 0 Å². The summed E-state index contributed by atoms with van der Waals surface area (Å²) >= 11 is 0. The molecule has 0 saturated carbocycles. The van der Waals surface area contributed by atoms with Crippen LogP contribution in [0.25, 0.3) is 22.0 Å². The molecule has 0 saturated heterocycles. The molecule has 1 aromatic heterocycles. The van der Waals surface area contributed by atoms with Gasteiger partial charge in [-0.1, -0.05) is 6.07 Å². The minimum atomic E-state index is -0.840. The lowest BCUT2D eigenvalue weighted by Crippen LogP contribution is -2.17. The molecule has 0 unspecified atom stereocenters. The van der Waals surface area contributed by atoms with Crippen molar-refractivity contribution in [3.8, 4) is 11.1 Å². The summed E-state index contributed by atoms with van der Waals surface area (Å²) in [7, 11) is 1.26. The summed E-state index contributed by atoms with van der Waals surface area (Å²) in [4.78, 5) is 24.5. The predicted molar refractivity (Wildman–Crippen MR) is 90.3 cm³/mol. The Kier molecular flexibility index (Phi) is 4.35. The fourth-order valence-electron chi connectivity index (χ4n) is 2.73. The quantitative estimate of drug-likeness (QED) is 0.685. The number of methoxy groups -OCH3 is 1. The molecule has 0 atom stereocenters. The molecule has 0 N–H and O–H groups in total. The van der Waals surface area contributed by atoms with E-state index in [1.165, 1.54) is 23.9 Å². The normalized spacial score (nSPS) is 10.9. The summed E-state index contributed by atoms with van der Waals surface area (Å²) in [6, 6.07) is 8.18. The number of hydrogen-bond acceptors (Lipinski definition) is 3. The summed E-state index contributed by atoms with van der Waals surface area (Å²) < 4.78 is 33.6. The number of carbonyl (C=O) groups excluding carboxylic acids is 1. The molecule has 0 aliphatic rings. The van der Waals surface area contributed by atoms with Crippen LogP contribution >= 0.6 is 0 Å². The van der Waals surface area contributed by atoms with Crippen molar-refractivity contribution >= 4 is 16.9 Å². The van der Waals surface area contributed by atoms with Crippen LogP contribution in [0.4, 0.5) is 8.78 Å². The number of ether oxygens (including phenoxy) is 1. The van der Waals surface area contributed by atoms with E-state index in [1.54, 1.807) is 18.2 Å². The molecule has 0 fully saturated rings. The van der Waals surface area contributed by atoms with Gasteiger partial charge in [0.15, 0.2) is 5.43 Å². The van der Waals surface area contributed by atoms with Gasteiger partial charge >= 0.3 is 5.97 Å². The Labute approximate surface area is 142 Å². The third-order valence-corrected chi connectivity index (χ3v) is 3.99. The second-order valence-electron chi connectivity index (χ2n) is 5.72. The van der Waals surface area contributed by atoms with Crippen LogP contribution < -0.4 is 5.43 Å². The van der Waals surface area contributed by atoms with E-state index in [-0.39, 0.29) is 23.1 Å². The van der Waals surface area contributed by atoms with Crippen molar-refractivity contribution in [1.29, 1.82) is 0 Å². The highest BCUT2D eigenvalue weighted by Crippen LogP contribution is 2.24. The van der Waals surface area contributed by atoms with Crippen molar-refractivity contribution in [3.63, 3.8) is 0 Å². The monoisotopic (exact) mass is 343 g/mol. The summed E-state index contributed by atoms with van der Waals surface area (Å²) in [6.45, 7) is 1.73. The number of aryl methyl sites for hydroxylation is 1. The van der Waals surface area contributed by atoms with Crippen molar-refractivity contribution in [2.24, 2.45) is 0 Å². The number of fused-ring (bicyclic) bond motifs is 1. The van der Waals surface area contributed by atoms with E-state index in [1.807, 2.05) is 6.92 Å². The number of pyridine rings is 1. The molecule has 2 aromatic carbocycles. The molecule has 0 aliphatic heterocycles. The minimum absolute atomic E-state index is 0.0208. The molecule has 0 amide bonds. The summed E-state index contributed by atoms with van der Waals surface area (Å²) in [6.07, 6.45) is 1.40. The van der Waals surface area contributed by atoms with E-state index >= 15 is 0 Å². The first-order chi connectivity index (χ1) is 11.9. The van der Waals surface area contributed by atoms with E-state index in [4.69, 9.17) is 0 Å². The highest BCUT2D eigenvalue weighted by atomic mass is 19.1. The molecular weight excluding hydrogens is 328 g/mol. The van der Waals surface area contributed by atoms with Gasteiger partial charge in [-0.2, -0.15) is 0 Å². The van der Waals surface area contributed by atoms with Crippen molar-refractivity contribution in [1.82, 2.24) is 4.57 Å². The Balaban J connectivity index is 2.33. The largest absolute Gasteiger partial charge is 0.468 e. The molecule has 0 radical (unpaired) electrons. The lowest BCUT2D eigenvalue weighted by molar-refractivity contribution is -0.141. The highest BCUT2D eigenvalue weighted by Gasteiger charge is 2.16. The molecule has 128 valence electrons. The molecule has 1 heterocycles. The van der Waals surface area contributed by atoms with Crippen molar-refractivity contribution < 1.29 is 18.3 Å². The van der Waals surface area contributed by atoms with Gasteiger partial charge in [0.2, 0.25) is 0 Å². The third kappa shape index (κ3) is 3.15. The van der Waals surface area contributed by atoms with E-state index in [0.29, 0.717) is 10.9 Å². The van der Waals surface area contributed by atoms with Crippen LogP contribution in [-0.4, -0.2) is 17.6 Å². The van der Waals surface area contributed by atoms with E-state index in [9.17, 15) is 18.4 Å². The SMILES string of the molecule is COC(=O)Cn1cc(-c2ccc(F)cc2F)c(=O)c2ccc(C)cc21. The predicted octanol–water partition coefficient (Wildman–Crippen LogP) is 3.43. The van der Waals surface area contributed by atoms with Gasteiger partial charge in [-0.25, -0.2) is 8.78 Å². The Morgan fingerprint density at radius 3 is 2.56 bits per heavy atom. The number of esters is 1. The average molecular weight is 343 g/mol. The molecule has 4 nitrogen and oxygen atoms in total. The topological polar surface area (TPSA) is 48.3 Å². The highest BCUT2D eigenvalue weighted by molar-refractivity contribution is 5.86. The molecule has 0 bridgehead atoms. The van der Waals surface area contributed by atoms with Gasteiger partial charge < -0.3 is 9.30 Å². The van der Waals surface area contributed by atoms with E-state index in [0.717, 1.165) is 17.7 Å². The van der Waals surface area contributed by atoms with Crippen molar-refractivity contribution in [2.45, 2.75) is 13.5 Å². The Hall–Kier alpha value is -3.02. The number of hydrogen-bond donors (Lipinski definition) is 0. The van der Waals surface area contributed by atoms with Gasteiger partial charge in [0, 0.05) is 28.8 Å². The summed E-state index contributed by atoms with van der Waals surface area (Å²) in [5.41, 5.74) is 1.10. The van der Waals surface area contributed by atoms with Crippen LogP contribution in [0.15, 0.2) is 47.4 Å². The summed E-state index contributed by atoms with van der Waals surface area (Å²) in [5.74, 6) is -2.07. The third-order valence-electron chi connectivity index (χ3n) is 3.99. The number of rotatable bonds is 3. The maximum absolute atomic E-state index is 14.2. The lowest BCUT2D eigenvalue weighted by Gasteiger charge is -2.13. The molecule has 0 aliphatic carbocycles. The molecule has 0 spiro atoms. The van der Waals surface area contributed by atoms with E-state index in [2.05, 4.69) is 4.74 Å². The first-order valence-corrected chi connectivity index (χ1v) is 7.56. The zero-order valence-electron chi connectivity index (χ0n) is 13.7.